The molecule has 1 aliphatic carbocycles. The minimum Gasteiger partial charge on any atom is -0.336 e. The highest BCUT2D eigenvalue weighted by atomic mass is 32.2. The molecule has 3 amide bonds. The summed E-state index contributed by atoms with van der Waals surface area (Å²) in [5.41, 5.74) is 1.37. The molecular formula is C17H20N4O2S2. The average molecular weight is 377 g/mol. The first-order chi connectivity index (χ1) is 12.0. The Bertz CT molecular complexity index is 864. The van der Waals surface area contributed by atoms with Gasteiger partial charge in [0.15, 0.2) is 0 Å². The normalized spacial score (nSPS) is 18.3. The van der Waals surface area contributed by atoms with Gasteiger partial charge in [0, 0.05) is 23.4 Å². The van der Waals surface area contributed by atoms with Crippen molar-refractivity contribution >= 4 is 45.3 Å². The van der Waals surface area contributed by atoms with Crippen LogP contribution in [0.2, 0.25) is 0 Å². The summed E-state index contributed by atoms with van der Waals surface area (Å²) in [6.07, 6.45) is 4.60. The van der Waals surface area contributed by atoms with Crippen LogP contribution in [0.5, 0.6) is 0 Å². The predicted molar refractivity (Wildman–Crippen MR) is 99.2 cm³/mol. The van der Waals surface area contributed by atoms with Crippen LogP contribution in [0.25, 0.3) is 10.2 Å². The number of hydrogen-bond acceptors (Lipinski definition) is 6. The predicted octanol–water partition coefficient (Wildman–Crippen LogP) is 2.91. The molecule has 1 aliphatic heterocycles. The van der Waals surface area contributed by atoms with Gasteiger partial charge in [0.25, 0.3) is 0 Å². The molecular weight excluding hydrogens is 356 g/mol. The number of imide groups is 1. The number of amides is 3. The van der Waals surface area contributed by atoms with E-state index in [-0.39, 0.29) is 17.2 Å². The molecule has 2 aliphatic rings. The van der Waals surface area contributed by atoms with Gasteiger partial charge in [-0.05, 0) is 45.1 Å². The molecule has 0 spiro atoms. The van der Waals surface area contributed by atoms with Crippen LogP contribution in [-0.2, 0) is 17.6 Å². The van der Waals surface area contributed by atoms with E-state index in [1.54, 1.807) is 11.3 Å². The van der Waals surface area contributed by atoms with Crippen molar-refractivity contribution in [3.8, 4) is 0 Å². The summed E-state index contributed by atoms with van der Waals surface area (Å²) in [4.78, 5) is 37.4. The van der Waals surface area contributed by atoms with E-state index in [4.69, 9.17) is 0 Å². The summed E-state index contributed by atoms with van der Waals surface area (Å²) in [5.74, 6) is 0.570. The number of carbonyl (C=O) groups is 2. The number of carbonyl (C=O) groups excluding carboxylic acids is 2. The number of aryl methyl sites for hydroxylation is 3. The number of rotatable bonds is 3. The molecule has 0 radical (unpaired) electrons. The quantitative estimate of drug-likeness (QED) is 0.658. The third-order valence-electron chi connectivity index (χ3n) is 4.65. The van der Waals surface area contributed by atoms with Gasteiger partial charge < -0.3 is 5.32 Å². The zero-order chi connectivity index (χ0) is 17.6. The van der Waals surface area contributed by atoms with E-state index in [1.165, 1.54) is 39.9 Å². The van der Waals surface area contributed by atoms with Crippen molar-refractivity contribution in [1.82, 2.24) is 20.2 Å². The lowest BCUT2D eigenvalue weighted by Gasteiger charge is -2.18. The molecule has 0 bridgehead atoms. The zero-order valence-electron chi connectivity index (χ0n) is 14.3. The van der Waals surface area contributed by atoms with Crippen molar-refractivity contribution in [2.24, 2.45) is 0 Å². The highest BCUT2D eigenvalue weighted by Crippen LogP contribution is 2.40. The average Bonchev–Trinajstić information content (AvgIpc) is 3.16. The van der Waals surface area contributed by atoms with Crippen LogP contribution in [0, 0.1) is 6.92 Å². The first kappa shape index (κ1) is 16.8. The van der Waals surface area contributed by atoms with Crippen molar-refractivity contribution in [2.75, 3.05) is 13.1 Å². The van der Waals surface area contributed by atoms with Gasteiger partial charge in [-0.1, -0.05) is 11.8 Å². The second kappa shape index (κ2) is 6.57. The van der Waals surface area contributed by atoms with Crippen molar-refractivity contribution in [2.45, 2.75) is 49.8 Å². The molecule has 1 atom stereocenters. The minimum absolute atomic E-state index is 0.159. The lowest BCUT2D eigenvalue weighted by atomic mass is 9.97. The number of hydrogen-bond donors (Lipinski definition) is 1. The zero-order valence-corrected chi connectivity index (χ0v) is 15.9. The largest absolute Gasteiger partial charge is 0.336 e. The molecule has 8 heteroatoms. The fourth-order valence-electron chi connectivity index (χ4n) is 3.43. The van der Waals surface area contributed by atoms with Gasteiger partial charge in [0.2, 0.25) is 5.91 Å². The van der Waals surface area contributed by atoms with Crippen LogP contribution >= 0.6 is 23.1 Å². The second-order valence-electron chi connectivity index (χ2n) is 6.45. The van der Waals surface area contributed by atoms with Gasteiger partial charge in [-0.25, -0.2) is 14.8 Å². The van der Waals surface area contributed by atoms with Gasteiger partial charge in [-0.2, -0.15) is 0 Å². The molecule has 1 saturated heterocycles. The summed E-state index contributed by atoms with van der Waals surface area (Å²) in [6.45, 7) is 4.70. The van der Waals surface area contributed by atoms with Crippen molar-refractivity contribution in [3.63, 3.8) is 0 Å². The van der Waals surface area contributed by atoms with Gasteiger partial charge in [0.05, 0.1) is 5.25 Å². The molecule has 2 aromatic heterocycles. The van der Waals surface area contributed by atoms with Crippen LogP contribution < -0.4 is 5.32 Å². The van der Waals surface area contributed by atoms with E-state index in [2.05, 4.69) is 15.3 Å². The van der Waals surface area contributed by atoms with Crippen molar-refractivity contribution in [1.29, 1.82) is 0 Å². The third kappa shape index (κ3) is 3.01. The molecule has 4 rings (SSSR count). The molecule has 6 nitrogen and oxygen atoms in total. The second-order valence-corrected chi connectivity index (χ2v) is 8.86. The van der Waals surface area contributed by atoms with Gasteiger partial charge in [0.1, 0.15) is 15.7 Å². The fourth-order valence-corrected chi connectivity index (χ4v) is 5.89. The highest BCUT2D eigenvalue weighted by Gasteiger charge is 2.31. The van der Waals surface area contributed by atoms with Crippen LogP contribution in [-0.4, -0.2) is 45.1 Å². The Morgan fingerprint density at radius 1 is 1.32 bits per heavy atom. The van der Waals surface area contributed by atoms with Gasteiger partial charge in [-0.3, -0.25) is 9.69 Å². The number of nitrogens with one attached hydrogen (secondary N) is 1. The Hall–Kier alpha value is -1.67. The molecule has 2 aromatic rings. The fraction of sp³-hybridized carbons (Fsp3) is 0.529. The van der Waals surface area contributed by atoms with E-state index >= 15 is 0 Å². The Morgan fingerprint density at radius 2 is 2.12 bits per heavy atom. The number of urea groups is 1. The van der Waals surface area contributed by atoms with Crippen LogP contribution in [0.1, 0.15) is 36.0 Å². The third-order valence-corrected chi connectivity index (χ3v) is 6.91. The molecule has 3 heterocycles. The lowest BCUT2D eigenvalue weighted by molar-refractivity contribution is -0.126. The Balaban J connectivity index is 1.67. The maximum Gasteiger partial charge on any atom is 0.324 e. The maximum atomic E-state index is 12.6. The summed E-state index contributed by atoms with van der Waals surface area (Å²) in [5, 5.41) is 4.32. The van der Waals surface area contributed by atoms with E-state index in [0.29, 0.717) is 13.1 Å². The monoisotopic (exact) mass is 376 g/mol. The Labute approximate surface area is 154 Å². The number of nitrogens with zero attached hydrogens (tertiary/aromatic N) is 3. The molecule has 1 N–H and O–H groups in total. The molecule has 0 saturated carbocycles. The number of fused-ring (bicyclic) bond motifs is 3. The van der Waals surface area contributed by atoms with Crippen LogP contribution in [0.3, 0.4) is 0 Å². The van der Waals surface area contributed by atoms with E-state index in [9.17, 15) is 9.59 Å². The summed E-state index contributed by atoms with van der Waals surface area (Å²) < 4.78 is 0. The minimum atomic E-state index is -0.361. The van der Waals surface area contributed by atoms with Crippen LogP contribution in [0.15, 0.2) is 5.03 Å². The van der Waals surface area contributed by atoms with Crippen molar-refractivity contribution in [3.05, 3.63) is 16.3 Å². The summed E-state index contributed by atoms with van der Waals surface area (Å²) in [7, 11) is 0. The molecule has 132 valence electrons. The summed E-state index contributed by atoms with van der Waals surface area (Å²) >= 11 is 3.21. The van der Waals surface area contributed by atoms with Crippen LogP contribution in [0.4, 0.5) is 4.79 Å². The topological polar surface area (TPSA) is 75.2 Å². The number of aromatic nitrogens is 2. The first-order valence-corrected chi connectivity index (χ1v) is 10.3. The van der Waals surface area contributed by atoms with E-state index in [1.807, 2.05) is 13.8 Å². The molecule has 0 unspecified atom stereocenters. The summed E-state index contributed by atoms with van der Waals surface area (Å²) in [6, 6.07) is -0.297. The van der Waals surface area contributed by atoms with Crippen molar-refractivity contribution < 1.29 is 9.59 Å². The molecule has 25 heavy (non-hydrogen) atoms. The SMILES string of the molecule is Cc1nc(S[C@H](C)C(=O)N2CCNC2=O)c2c3c(sc2n1)CCCC3. The first-order valence-electron chi connectivity index (χ1n) is 8.59. The highest BCUT2D eigenvalue weighted by molar-refractivity contribution is 8.00. The standard InChI is InChI=1S/C17H20N4O2S2/c1-9(16(22)21-8-7-18-17(21)23)24-14-13-11-5-3-4-6-12(11)25-15(13)20-10(2)19-14/h9H,3-8H2,1-2H3,(H,18,23)/t9-/m1/s1. The van der Waals surface area contributed by atoms with Gasteiger partial charge in [-0.15, -0.1) is 11.3 Å². The molecule has 0 aromatic carbocycles. The molecule has 1 fully saturated rings. The number of thioether (sulfide) groups is 1. The Morgan fingerprint density at radius 3 is 2.88 bits per heavy atom. The van der Waals surface area contributed by atoms with Gasteiger partial charge >= 0.3 is 6.03 Å². The van der Waals surface area contributed by atoms with E-state index in [0.717, 1.165) is 33.9 Å². The Kier molecular flexibility index (Phi) is 4.41. The number of thiophene rings is 1. The van der Waals surface area contributed by atoms with E-state index < -0.39 is 0 Å². The maximum absolute atomic E-state index is 12.6. The lowest BCUT2D eigenvalue weighted by Crippen LogP contribution is -2.38. The smallest absolute Gasteiger partial charge is 0.324 e.